The van der Waals surface area contributed by atoms with Crippen LogP contribution in [-0.4, -0.2) is 43.5 Å². The molecule has 0 unspecified atom stereocenters. The minimum Gasteiger partial charge on any atom is -0.337 e. The van der Waals surface area contributed by atoms with E-state index in [-0.39, 0.29) is 11.9 Å². The Hall–Kier alpha value is -2.02. The molecule has 0 N–H and O–H groups in total. The molecule has 0 saturated heterocycles. The summed E-state index contributed by atoms with van der Waals surface area (Å²) in [5, 5.41) is 0.617. The predicted molar refractivity (Wildman–Crippen MR) is 80.7 cm³/mol. The van der Waals surface area contributed by atoms with Crippen LogP contribution in [0.25, 0.3) is 0 Å². The minimum absolute atomic E-state index is 0.0104. The fraction of sp³-hybridized carbons (Fsp3) is 0.357. The van der Waals surface area contributed by atoms with E-state index >= 15 is 0 Å². The van der Waals surface area contributed by atoms with Gasteiger partial charge >= 0.3 is 0 Å². The molecule has 0 radical (unpaired) electrons. The molecule has 0 aliphatic heterocycles. The van der Waals surface area contributed by atoms with Gasteiger partial charge in [-0.15, -0.1) is 0 Å². The summed E-state index contributed by atoms with van der Waals surface area (Å²) in [7, 11) is 1.77. The molecular weight excluding hydrogens is 286 g/mol. The largest absolute Gasteiger partial charge is 0.337 e. The van der Waals surface area contributed by atoms with Crippen LogP contribution in [0.3, 0.4) is 0 Å². The summed E-state index contributed by atoms with van der Waals surface area (Å²) in [6.45, 7) is 3.84. The van der Waals surface area contributed by atoms with E-state index in [0.29, 0.717) is 10.9 Å². The predicted octanol–water partition coefficient (Wildman–Crippen LogP) is 1.89. The van der Waals surface area contributed by atoms with Crippen molar-refractivity contribution >= 4 is 17.7 Å². The van der Waals surface area contributed by atoms with Crippen LogP contribution in [0.15, 0.2) is 36.0 Å². The van der Waals surface area contributed by atoms with Crippen LogP contribution < -0.4 is 0 Å². The monoisotopic (exact) mass is 303 g/mol. The number of carbonyl (C=O) groups excluding carboxylic acids is 1. The molecule has 2 aromatic heterocycles. The molecule has 6 nitrogen and oxygen atoms in total. The molecule has 0 saturated carbocycles. The van der Waals surface area contributed by atoms with Crippen LogP contribution in [0.5, 0.6) is 0 Å². The normalized spacial score (nSPS) is 12.0. The summed E-state index contributed by atoms with van der Waals surface area (Å²) < 4.78 is 0. The Morgan fingerprint density at radius 1 is 1.33 bits per heavy atom. The highest BCUT2D eigenvalue weighted by Gasteiger charge is 2.18. The number of aromatic nitrogens is 4. The summed E-state index contributed by atoms with van der Waals surface area (Å²) in [6, 6.07) is 3.54. The molecule has 2 heterocycles. The molecule has 0 aliphatic carbocycles. The topological polar surface area (TPSA) is 71.9 Å². The molecular formula is C14H17N5OS. The molecule has 0 aliphatic rings. The smallest absolute Gasteiger partial charge is 0.233 e. The third-order valence-electron chi connectivity index (χ3n) is 3.10. The first-order chi connectivity index (χ1) is 10.1. The van der Waals surface area contributed by atoms with Crippen molar-refractivity contribution in [3.63, 3.8) is 0 Å². The molecule has 110 valence electrons. The Labute approximate surface area is 128 Å². The van der Waals surface area contributed by atoms with Crippen LogP contribution >= 0.6 is 11.8 Å². The Balaban J connectivity index is 1.94. The van der Waals surface area contributed by atoms with Crippen molar-refractivity contribution in [3.05, 3.63) is 42.2 Å². The number of thioether (sulfide) groups is 1. The molecule has 2 aromatic rings. The van der Waals surface area contributed by atoms with Crippen LogP contribution in [0.2, 0.25) is 0 Å². The maximum atomic E-state index is 12.2. The average Bonchev–Trinajstić information content (AvgIpc) is 2.52. The Bertz CT molecular complexity index is 607. The summed E-state index contributed by atoms with van der Waals surface area (Å²) in [6.07, 6.45) is 4.86. The van der Waals surface area contributed by atoms with Crippen molar-refractivity contribution in [2.75, 3.05) is 12.8 Å². The van der Waals surface area contributed by atoms with Crippen LogP contribution in [-0.2, 0) is 4.79 Å². The fourth-order valence-electron chi connectivity index (χ4n) is 1.69. The summed E-state index contributed by atoms with van der Waals surface area (Å²) in [5.74, 6) is 0.311. The van der Waals surface area contributed by atoms with E-state index in [0.717, 1.165) is 11.4 Å². The molecule has 1 amide bonds. The second-order valence-corrected chi connectivity index (χ2v) is 5.53. The zero-order valence-corrected chi connectivity index (χ0v) is 13.0. The van der Waals surface area contributed by atoms with E-state index in [1.165, 1.54) is 18.1 Å². The Kier molecular flexibility index (Phi) is 5.21. The van der Waals surface area contributed by atoms with E-state index < -0.39 is 0 Å². The van der Waals surface area contributed by atoms with Crippen molar-refractivity contribution in [2.24, 2.45) is 0 Å². The lowest BCUT2D eigenvalue weighted by molar-refractivity contribution is -0.129. The van der Waals surface area contributed by atoms with Gasteiger partial charge in [-0.05, 0) is 26.0 Å². The summed E-state index contributed by atoms with van der Waals surface area (Å²) in [4.78, 5) is 30.4. The number of amides is 1. The van der Waals surface area contributed by atoms with Crippen LogP contribution in [0.1, 0.15) is 24.4 Å². The van der Waals surface area contributed by atoms with E-state index in [2.05, 4.69) is 19.9 Å². The lowest BCUT2D eigenvalue weighted by Crippen LogP contribution is -2.31. The van der Waals surface area contributed by atoms with Crippen molar-refractivity contribution in [2.45, 2.75) is 25.0 Å². The van der Waals surface area contributed by atoms with Crippen molar-refractivity contribution in [1.82, 2.24) is 24.8 Å². The van der Waals surface area contributed by atoms with E-state index in [1.54, 1.807) is 24.3 Å². The Morgan fingerprint density at radius 2 is 2.14 bits per heavy atom. The molecule has 21 heavy (non-hydrogen) atoms. The summed E-state index contributed by atoms with van der Waals surface area (Å²) in [5.41, 5.74) is 1.71. The quantitative estimate of drug-likeness (QED) is 0.620. The maximum Gasteiger partial charge on any atom is 0.233 e. The third-order valence-corrected chi connectivity index (χ3v) is 3.95. The van der Waals surface area contributed by atoms with Gasteiger partial charge in [0.25, 0.3) is 0 Å². The van der Waals surface area contributed by atoms with Gasteiger partial charge in [-0.1, -0.05) is 11.8 Å². The van der Waals surface area contributed by atoms with Gasteiger partial charge in [0.1, 0.15) is 6.33 Å². The summed E-state index contributed by atoms with van der Waals surface area (Å²) >= 11 is 1.34. The Morgan fingerprint density at radius 3 is 2.81 bits per heavy atom. The van der Waals surface area contributed by atoms with Gasteiger partial charge in [-0.2, -0.15) is 0 Å². The van der Waals surface area contributed by atoms with Crippen LogP contribution in [0, 0.1) is 6.92 Å². The van der Waals surface area contributed by atoms with Gasteiger partial charge in [-0.3, -0.25) is 4.79 Å². The van der Waals surface area contributed by atoms with E-state index in [1.807, 2.05) is 26.0 Å². The number of nitrogens with zero attached hydrogens (tertiary/aromatic N) is 5. The lowest BCUT2D eigenvalue weighted by atomic mass is 10.2. The molecule has 0 fully saturated rings. The zero-order valence-electron chi connectivity index (χ0n) is 12.2. The van der Waals surface area contributed by atoms with Crippen molar-refractivity contribution in [3.8, 4) is 0 Å². The van der Waals surface area contributed by atoms with Gasteiger partial charge in [-0.25, -0.2) is 19.9 Å². The average molecular weight is 303 g/mol. The highest BCUT2D eigenvalue weighted by atomic mass is 32.2. The number of hydrogen-bond donors (Lipinski definition) is 0. The number of carbonyl (C=O) groups is 1. The molecule has 0 aromatic carbocycles. The standard InChI is InChI=1S/C14H17N5OS/c1-10-4-7-16-14(18-10)21-8-13(20)19(3)11(2)12-5-6-15-9-17-12/h4-7,9,11H,8H2,1-3H3/t11-/m1/s1. The molecule has 1 atom stereocenters. The first-order valence-electron chi connectivity index (χ1n) is 6.52. The molecule has 0 bridgehead atoms. The maximum absolute atomic E-state index is 12.2. The zero-order chi connectivity index (χ0) is 15.2. The number of hydrogen-bond acceptors (Lipinski definition) is 6. The van der Waals surface area contributed by atoms with Gasteiger partial charge in [0.05, 0.1) is 17.5 Å². The van der Waals surface area contributed by atoms with E-state index in [9.17, 15) is 4.79 Å². The lowest BCUT2D eigenvalue weighted by Gasteiger charge is -2.24. The molecule has 7 heteroatoms. The SMILES string of the molecule is Cc1ccnc(SCC(=O)N(C)[C@H](C)c2ccncn2)n1. The van der Waals surface area contributed by atoms with E-state index in [4.69, 9.17) is 0 Å². The van der Waals surface area contributed by atoms with Crippen LogP contribution in [0.4, 0.5) is 0 Å². The first kappa shape index (κ1) is 15.4. The minimum atomic E-state index is -0.0977. The van der Waals surface area contributed by atoms with Crippen molar-refractivity contribution in [1.29, 1.82) is 0 Å². The third kappa shape index (κ3) is 4.22. The fourth-order valence-corrected chi connectivity index (χ4v) is 2.49. The molecule has 0 spiro atoms. The van der Waals surface area contributed by atoms with Gasteiger partial charge in [0.2, 0.25) is 5.91 Å². The van der Waals surface area contributed by atoms with Gasteiger partial charge < -0.3 is 4.90 Å². The van der Waals surface area contributed by atoms with Crippen molar-refractivity contribution < 1.29 is 4.79 Å². The number of rotatable bonds is 5. The van der Waals surface area contributed by atoms with Gasteiger partial charge in [0.15, 0.2) is 5.16 Å². The second-order valence-electron chi connectivity index (χ2n) is 4.58. The number of aryl methyl sites for hydroxylation is 1. The highest BCUT2D eigenvalue weighted by molar-refractivity contribution is 7.99. The first-order valence-corrected chi connectivity index (χ1v) is 7.50. The second kappa shape index (κ2) is 7.12. The molecule has 2 rings (SSSR count). The highest BCUT2D eigenvalue weighted by Crippen LogP contribution is 2.18. The van der Waals surface area contributed by atoms with Gasteiger partial charge in [0, 0.05) is 25.1 Å².